The Kier molecular flexibility index (Phi) is 12.4. The maximum absolute atomic E-state index is 2.63. The van der Waals surface area contributed by atoms with E-state index in [0.717, 1.165) is 142 Å². The Morgan fingerprint density at radius 3 is 0.702 bits per heavy atom. The van der Waals surface area contributed by atoms with Crippen molar-refractivity contribution in [3.8, 4) is 0 Å². The van der Waals surface area contributed by atoms with E-state index in [0.29, 0.717) is 0 Å². The average Bonchev–Trinajstić information content (AvgIpc) is 4.05. The first kappa shape index (κ1) is 41.0. The summed E-state index contributed by atoms with van der Waals surface area (Å²) in [7, 11) is 0. The summed E-state index contributed by atoms with van der Waals surface area (Å²) in [5, 5.41) is 0. The molecule has 12 fully saturated rings. The van der Waals surface area contributed by atoms with Crippen LogP contribution in [0.3, 0.4) is 0 Å². The van der Waals surface area contributed by atoms with Gasteiger partial charge in [-0.1, -0.05) is 119 Å². The third-order valence-corrected chi connectivity index (χ3v) is 24.3. The molecule has 12 aliphatic rings. The van der Waals surface area contributed by atoms with E-state index in [9.17, 15) is 0 Å². The smallest absolute Gasteiger partial charge is 0.0324 e. The van der Waals surface area contributed by atoms with Crippen molar-refractivity contribution in [2.75, 3.05) is 0 Å². The van der Waals surface area contributed by atoms with Gasteiger partial charge in [0, 0.05) is 0 Å². The van der Waals surface area contributed by atoms with Crippen molar-refractivity contribution in [1.82, 2.24) is 0 Å². The van der Waals surface area contributed by atoms with Crippen molar-refractivity contribution in [2.45, 2.75) is 215 Å². The molecule has 57 heavy (non-hydrogen) atoms. The van der Waals surface area contributed by atoms with Crippen LogP contribution in [0.1, 0.15) is 215 Å². The predicted octanol–water partition coefficient (Wildman–Crippen LogP) is 16.6. The Balaban J connectivity index is 0.000000104. The summed E-state index contributed by atoms with van der Waals surface area (Å²) in [6, 6.07) is 0. The molecule has 12 saturated carbocycles. The van der Waals surface area contributed by atoms with Gasteiger partial charge < -0.3 is 0 Å². The number of rotatable bonds is 0. The Hall–Kier alpha value is 0. The lowest BCUT2D eigenvalue weighted by atomic mass is 9.48. The summed E-state index contributed by atoms with van der Waals surface area (Å²) < 4.78 is 0. The molecule has 0 spiro atoms. The van der Waals surface area contributed by atoms with E-state index >= 15 is 0 Å². The molecule has 0 radical (unpaired) electrons. The molecular weight excluding hydrogens is 685 g/mol. The molecular formula is C57H96. The van der Waals surface area contributed by atoms with Crippen LogP contribution in [0, 0.1) is 142 Å². The van der Waals surface area contributed by atoms with Gasteiger partial charge in [0.05, 0.1) is 0 Å². The van der Waals surface area contributed by atoms with E-state index in [2.05, 4.69) is 41.5 Å². The Morgan fingerprint density at radius 2 is 0.421 bits per heavy atom. The van der Waals surface area contributed by atoms with Gasteiger partial charge in [-0.15, -0.1) is 0 Å². The van der Waals surface area contributed by atoms with Crippen LogP contribution in [0.4, 0.5) is 0 Å². The molecule has 12 aliphatic carbocycles. The second-order valence-electron chi connectivity index (χ2n) is 25.5. The number of fused-ring (bicyclic) bond motifs is 15. The topological polar surface area (TPSA) is 0 Å². The van der Waals surface area contributed by atoms with Gasteiger partial charge >= 0.3 is 0 Å². The molecule has 19 unspecified atom stereocenters. The van der Waals surface area contributed by atoms with Crippen molar-refractivity contribution < 1.29 is 0 Å². The fourth-order valence-corrected chi connectivity index (χ4v) is 21.7. The van der Waals surface area contributed by atoms with Gasteiger partial charge in [-0.05, 0) is 238 Å². The van der Waals surface area contributed by atoms with Gasteiger partial charge in [-0.2, -0.15) is 0 Å². The molecule has 0 heterocycles. The molecule has 0 aliphatic heterocycles. The minimum absolute atomic E-state index is 1.02. The summed E-state index contributed by atoms with van der Waals surface area (Å²) in [5.74, 6) is 26.4. The standard InChI is InChI=1S/3C19H32/c3*1-12-13(2)19-16-9-5-6-14(16)10-11-18(19)17-8-4-3-7-15(12)17/h3*12-19H,3-11H2,1-2H3/t12-,13-,14?,15?,16?,17?,18?,19?;12-,13-,14?,15+,16?,17?,18?,19?;/m00./s1. The van der Waals surface area contributed by atoms with Crippen molar-refractivity contribution in [1.29, 1.82) is 0 Å². The van der Waals surface area contributed by atoms with Crippen molar-refractivity contribution >= 4 is 0 Å². The fraction of sp³-hybridized carbons (Fsp3) is 1.00. The largest absolute Gasteiger partial charge is 0.0620 e. The zero-order valence-corrected chi connectivity index (χ0v) is 38.9. The lowest BCUT2D eigenvalue weighted by Gasteiger charge is -2.57. The quantitative estimate of drug-likeness (QED) is 0.230. The van der Waals surface area contributed by atoms with Gasteiger partial charge in [0.2, 0.25) is 0 Å². The van der Waals surface area contributed by atoms with E-state index < -0.39 is 0 Å². The summed E-state index contributed by atoms with van der Waals surface area (Å²) in [4.78, 5) is 0. The normalized spacial score (nSPS) is 57.2. The molecule has 24 atom stereocenters. The highest BCUT2D eigenvalue weighted by Crippen LogP contribution is 2.64. The molecule has 0 amide bonds. The van der Waals surface area contributed by atoms with Gasteiger partial charge in [0.1, 0.15) is 0 Å². The second-order valence-corrected chi connectivity index (χ2v) is 25.5. The first-order valence-electron chi connectivity index (χ1n) is 27.8. The van der Waals surface area contributed by atoms with Gasteiger partial charge in [0.25, 0.3) is 0 Å². The van der Waals surface area contributed by atoms with Crippen LogP contribution >= 0.6 is 0 Å². The molecule has 12 rings (SSSR count). The molecule has 0 heteroatoms. The molecule has 0 nitrogen and oxygen atoms in total. The van der Waals surface area contributed by atoms with E-state index in [1.54, 1.807) is 154 Å². The summed E-state index contributed by atoms with van der Waals surface area (Å²) >= 11 is 0. The van der Waals surface area contributed by atoms with Crippen LogP contribution in [0.5, 0.6) is 0 Å². The average molecular weight is 781 g/mol. The second kappa shape index (κ2) is 17.3. The maximum atomic E-state index is 2.63. The Bertz CT molecular complexity index is 1160. The van der Waals surface area contributed by atoms with Crippen molar-refractivity contribution in [3.05, 3.63) is 0 Å². The Labute approximate surface area is 355 Å². The highest BCUT2D eigenvalue weighted by molar-refractivity contribution is 5.05. The van der Waals surface area contributed by atoms with Crippen molar-refractivity contribution in [3.63, 3.8) is 0 Å². The summed E-state index contributed by atoms with van der Waals surface area (Å²) in [5.41, 5.74) is 0. The number of hydrogen-bond donors (Lipinski definition) is 0. The SMILES string of the molecule is CC1C(C)C2C3CCCC3CCC2C2CCCCC12.C[C@@H]1C2CCCCC2C2CCC3CCCC3C2[C@H]1C.C[C@H]1[C@H](C)C2C3CCCC3CCC2C2CCCC[C@@H]21. The van der Waals surface area contributed by atoms with Gasteiger partial charge in [-0.3, -0.25) is 0 Å². The Morgan fingerprint density at radius 1 is 0.175 bits per heavy atom. The summed E-state index contributed by atoms with van der Waals surface area (Å²) in [6.45, 7) is 15.7. The van der Waals surface area contributed by atoms with Crippen LogP contribution in [-0.4, -0.2) is 0 Å². The zero-order chi connectivity index (χ0) is 38.9. The lowest BCUT2D eigenvalue weighted by molar-refractivity contribution is -0.0844. The molecule has 0 N–H and O–H groups in total. The minimum Gasteiger partial charge on any atom is -0.0620 e. The van der Waals surface area contributed by atoms with Gasteiger partial charge in [0.15, 0.2) is 0 Å². The van der Waals surface area contributed by atoms with Crippen LogP contribution in [0.25, 0.3) is 0 Å². The van der Waals surface area contributed by atoms with Crippen LogP contribution < -0.4 is 0 Å². The number of hydrogen-bond acceptors (Lipinski definition) is 0. The lowest BCUT2D eigenvalue weighted by Crippen LogP contribution is -2.50. The molecule has 0 aromatic carbocycles. The first-order valence-corrected chi connectivity index (χ1v) is 27.8. The highest BCUT2D eigenvalue weighted by atomic mass is 14.6. The third-order valence-electron chi connectivity index (χ3n) is 24.3. The maximum Gasteiger partial charge on any atom is -0.0324 e. The van der Waals surface area contributed by atoms with E-state index in [4.69, 9.17) is 0 Å². The molecule has 0 saturated heterocycles. The minimum atomic E-state index is 1.02. The fourth-order valence-electron chi connectivity index (χ4n) is 21.7. The molecule has 0 bridgehead atoms. The van der Waals surface area contributed by atoms with Gasteiger partial charge in [-0.25, -0.2) is 0 Å². The third kappa shape index (κ3) is 7.26. The zero-order valence-electron chi connectivity index (χ0n) is 38.9. The monoisotopic (exact) mass is 781 g/mol. The summed E-state index contributed by atoms with van der Waals surface area (Å²) in [6.07, 6.45) is 42.4. The van der Waals surface area contributed by atoms with E-state index in [1.807, 2.05) is 0 Å². The van der Waals surface area contributed by atoms with E-state index in [1.165, 1.54) is 19.3 Å². The molecule has 0 aromatic rings. The van der Waals surface area contributed by atoms with Crippen molar-refractivity contribution in [2.24, 2.45) is 142 Å². The molecule has 0 aromatic heterocycles. The van der Waals surface area contributed by atoms with Crippen LogP contribution in [0.2, 0.25) is 0 Å². The predicted molar refractivity (Wildman–Crippen MR) is 242 cm³/mol. The van der Waals surface area contributed by atoms with Crippen LogP contribution in [-0.2, 0) is 0 Å². The van der Waals surface area contributed by atoms with Crippen LogP contribution in [0.15, 0.2) is 0 Å². The molecule has 324 valence electrons. The van der Waals surface area contributed by atoms with E-state index in [-0.39, 0.29) is 0 Å². The highest BCUT2D eigenvalue weighted by Gasteiger charge is 2.56. The first-order chi connectivity index (χ1) is 27.8.